The molecule has 0 amide bonds. The van der Waals surface area contributed by atoms with E-state index in [9.17, 15) is 4.39 Å². The van der Waals surface area contributed by atoms with Crippen LogP contribution >= 0.6 is 27.7 Å². The summed E-state index contributed by atoms with van der Waals surface area (Å²) in [5, 5.41) is 0. The highest BCUT2D eigenvalue weighted by Crippen LogP contribution is 2.20. The second kappa shape index (κ2) is 6.22. The topological polar surface area (TPSA) is 0 Å². The van der Waals surface area contributed by atoms with Crippen LogP contribution in [0, 0.1) is 5.82 Å². The molecule has 0 aliphatic carbocycles. The van der Waals surface area contributed by atoms with Crippen molar-refractivity contribution < 1.29 is 4.39 Å². The standard InChI is InChI=1S/C14H12BrFS/c15-12-3-1-11(2-4-12)9-10-17-14-7-5-13(16)6-8-14/h1-8H,9-10H2. The van der Waals surface area contributed by atoms with Gasteiger partial charge < -0.3 is 0 Å². The summed E-state index contributed by atoms with van der Waals surface area (Å²) in [7, 11) is 0. The molecule has 0 nitrogen and oxygen atoms in total. The van der Waals surface area contributed by atoms with E-state index in [0.29, 0.717) is 0 Å². The van der Waals surface area contributed by atoms with E-state index in [1.165, 1.54) is 17.7 Å². The molecule has 2 rings (SSSR count). The number of benzene rings is 2. The third-order valence-electron chi connectivity index (χ3n) is 2.39. The van der Waals surface area contributed by atoms with Gasteiger partial charge in [0.05, 0.1) is 0 Å². The van der Waals surface area contributed by atoms with E-state index < -0.39 is 0 Å². The maximum atomic E-state index is 12.7. The Hall–Kier alpha value is -0.800. The van der Waals surface area contributed by atoms with Crippen LogP contribution in [0.4, 0.5) is 4.39 Å². The normalized spacial score (nSPS) is 10.5. The van der Waals surface area contributed by atoms with Gasteiger partial charge in [0.25, 0.3) is 0 Å². The molecular weight excluding hydrogens is 299 g/mol. The summed E-state index contributed by atoms with van der Waals surface area (Å²) in [6.45, 7) is 0. The van der Waals surface area contributed by atoms with Crippen LogP contribution in [0.3, 0.4) is 0 Å². The molecule has 0 saturated heterocycles. The first kappa shape index (κ1) is 12.7. The molecule has 0 atom stereocenters. The average Bonchev–Trinajstić information content (AvgIpc) is 2.34. The van der Waals surface area contributed by atoms with Crippen LogP contribution in [0.15, 0.2) is 57.9 Å². The fraction of sp³-hybridized carbons (Fsp3) is 0.143. The van der Waals surface area contributed by atoms with E-state index >= 15 is 0 Å². The zero-order valence-electron chi connectivity index (χ0n) is 9.20. The predicted molar refractivity (Wildman–Crippen MR) is 75.0 cm³/mol. The summed E-state index contributed by atoms with van der Waals surface area (Å²) in [6.07, 6.45) is 1.02. The molecule has 0 aromatic heterocycles. The minimum absolute atomic E-state index is 0.178. The van der Waals surface area contributed by atoms with Gasteiger partial charge in [0, 0.05) is 15.1 Å². The second-order valence-electron chi connectivity index (χ2n) is 3.68. The van der Waals surface area contributed by atoms with Gasteiger partial charge in [0.1, 0.15) is 5.82 Å². The second-order valence-corrected chi connectivity index (χ2v) is 5.76. The highest BCUT2D eigenvalue weighted by atomic mass is 79.9. The van der Waals surface area contributed by atoms with Crippen LogP contribution in [0.5, 0.6) is 0 Å². The van der Waals surface area contributed by atoms with Crippen LogP contribution in [0.2, 0.25) is 0 Å². The molecule has 2 aromatic carbocycles. The van der Waals surface area contributed by atoms with Crippen molar-refractivity contribution in [3.05, 3.63) is 64.4 Å². The van der Waals surface area contributed by atoms with Gasteiger partial charge >= 0.3 is 0 Å². The molecule has 0 bridgehead atoms. The first-order valence-corrected chi connectivity index (χ1v) is 7.15. The Morgan fingerprint density at radius 2 is 1.59 bits per heavy atom. The smallest absolute Gasteiger partial charge is 0.123 e. The van der Waals surface area contributed by atoms with Crippen molar-refractivity contribution in [2.75, 3.05) is 5.75 Å². The molecule has 3 heteroatoms. The first-order chi connectivity index (χ1) is 8.24. The maximum Gasteiger partial charge on any atom is 0.123 e. The minimum atomic E-state index is -0.178. The SMILES string of the molecule is Fc1ccc(SCCc2ccc(Br)cc2)cc1. The van der Waals surface area contributed by atoms with E-state index in [0.717, 1.165) is 21.5 Å². The van der Waals surface area contributed by atoms with Crippen molar-refractivity contribution in [1.82, 2.24) is 0 Å². The van der Waals surface area contributed by atoms with Gasteiger partial charge in [-0.25, -0.2) is 4.39 Å². The molecular formula is C14H12BrFS. The average molecular weight is 311 g/mol. The third-order valence-corrected chi connectivity index (χ3v) is 3.93. The summed E-state index contributed by atoms with van der Waals surface area (Å²) in [6, 6.07) is 15.0. The highest BCUT2D eigenvalue weighted by Gasteiger charge is 1.97. The number of hydrogen-bond donors (Lipinski definition) is 0. The van der Waals surface area contributed by atoms with E-state index in [4.69, 9.17) is 0 Å². The zero-order valence-corrected chi connectivity index (χ0v) is 11.6. The lowest BCUT2D eigenvalue weighted by atomic mass is 10.2. The third kappa shape index (κ3) is 4.17. The molecule has 0 heterocycles. The minimum Gasteiger partial charge on any atom is -0.207 e. The van der Waals surface area contributed by atoms with Crippen molar-refractivity contribution in [2.45, 2.75) is 11.3 Å². The lowest BCUT2D eigenvalue weighted by molar-refractivity contribution is 0.626. The summed E-state index contributed by atoms with van der Waals surface area (Å²) in [4.78, 5) is 1.11. The molecule has 0 radical (unpaired) electrons. The fourth-order valence-corrected chi connectivity index (χ4v) is 2.63. The number of aryl methyl sites for hydroxylation is 1. The Balaban J connectivity index is 1.83. The van der Waals surface area contributed by atoms with Crippen molar-refractivity contribution in [3.8, 4) is 0 Å². The molecule has 0 aliphatic heterocycles. The highest BCUT2D eigenvalue weighted by molar-refractivity contribution is 9.10. The van der Waals surface area contributed by atoms with Gasteiger partial charge in [-0.3, -0.25) is 0 Å². The van der Waals surface area contributed by atoms with Gasteiger partial charge in [0.15, 0.2) is 0 Å². The fourth-order valence-electron chi connectivity index (χ4n) is 1.47. The molecule has 0 aliphatic rings. The molecule has 2 aromatic rings. The Morgan fingerprint density at radius 3 is 2.24 bits per heavy atom. The monoisotopic (exact) mass is 310 g/mol. The summed E-state index contributed by atoms with van der Waals surface area (Å²) < 4.78 is 13.8. The zero-order chi connectivity index (χ0) is 12.1. The van der Waals surface area contributed by atoms with E-state index in [1.807, 2.05) is 12.1 Å². The van der Waals surface area contributed by atoms with Crippen molar-refractivity contribution in [1.29, 1.82) is 0 Å². The predicted octanol–water partition coefficient (Wildman–Crippen LogP) is 4.92. The largest absolute Gasteiger partial charge is 0.207 e. The summed E-state index contributed by atoms with van der Waals surface area (Å²) in [5.41, 5.74) is 1.32. The van der Waals surface area contributed by atoms with Crippen LogP contribution in [-0.2, 0) is 6.42 Å². The maximum absolute atomic E-state index is 12.7. The Morgan fingerprint density at radius 1 is 0.941 bits per heavy atom. The van der Waals surface area contributed by atoms with Gasteiger partial charge in [0.2, 0.25) is 0 Å². The quantitative estimate of drug-likeness (QED) is 0.722. The number of thioether (sulfide) groups is 1. The lowest BCUT2D eigenvalue weighted by Gasteiger charge is -2.02. The van der Waals surface area contributed by atoms with Gasteiger partial charge in [-0.15, -0.1) is 11.8 Å². The molecule has 0 unspecified atom stereocenters. The Labute approximate surface area is 113 Å². The molecule has 88 valence electrons. The molecule has 0 spiro atoms. The number of rotatable bonds is 4. The van der Waals surface area contributed by atoms with Gasteiger partial charge in [-0.1, -0.05) is 28.1 Å². The first-order valence-electron chi connectivity index (χ1n) is 5.37. The van der Waals surface area contributed by atoms with E-state index in [2.05, 4.69) is 40.2 Å². The van der Waals surface area contributed by atoms with Crippen LogP contribution in [0.1, 0.15) is 5.56 Å². The number of halogens is 2. The number of hydrogen-bond acceptors (Lipinski definition) is 1. The van der Waals surface area contributed by atoms with Crippen LogP contribution in [0.25, 0.3) is 0 Å². The Kier molecular flexibility index (Phi) is 4.63. The molecule has 0 N–H and O–H groups in total. The van der Waals surface area contributed by atoms with E-state index in [-0.39, 0.29) is 5.82 Å². The Bertz CT molecular complexity index is 419. The van der Waals surface area contributed by atoms with Gasteiger partial charge in [-0.2, -0.15) is 0 Å². The molecule has 17 heavy (non-hydrogen) atoms. The van der Waals surface area contributed by atoms with Crippen molar-refractivity contribution >= 4 is 27.7 Å². The molecule has 0 saturated carbocycles. The van der Waals surface area contributed by atoms with Crippen LogP contribution < -0.4 is 0 Å². The molecule has 0 fully saturated rings. The lowest BCUT2D eigenvalue weighted by Crippen LogP contribution is -1.88. The van der Waals surface area contributed by atoms with E-state index in [1.54, 1.807) is 11.8 Å². The summed E-state index contributed by atoms with van der Waals surface area (Å²) >= 11 is 5.17. The van der Waals surface area contributed by atoms with Crippen molar-refractivity contribution in [3.63, 3.8) is 0 Å². The summed E-state index contributed by atoms with van der Waals surface area (Å²) in [5.74, 6) is 0.829. The van der Waals surface area contributed by atoms with Gasteiger partial charge in [-0.05, 0) is 48.4 Å². The van der Waals surface area contributed by atoms with Crippen molar-refractivity contribution in [2.24, 2.45) is 0 Å². The van der Waals surface area contributed by atoms with Crippen LogP contribution in [-0.4, -0.2) is 5.75 Å².